The van der Waals surface area contributed by atoms with Crippen LogP contribution < -0.4 is 20.4 Å². The van der Waals surface area contributed by atoms with Crippen molar-refractivity contribution in [2.45, 2.75) is 25.4 Å². The molecule has 4 heterocycles. The maximum Gasteiger partial charge on any atom is 0.191 e. The average molecular weight is 415 g/mol. The van der Waals surface area contributed by atoms with Crippen LogP contribution in [0.1, 0.15) is 18.4 Å². The van der Waals surface area contributed by atoms with Gasteiger partial charge in [0, 0.05) is 57.6 Å². The van der Waals surface area contributed by atoms with Crippen LogP contribution in [0.15, 0.2) is 40.8 Å². The van der Waals surface area contributed by atoms with Crippen LogP contribution in [0.2, 0.25) is 0 Å². The Balaban J connectivity index is 1.29. The lowest BCUT2D eigenvalue weighted by Gasteiger charge is -2.33. The van der Waals surface area contributed by atoms with E-state index >= 15 is 0 Å². The first-order chi connectivity index (χ1) is 14.3. The number of ether oxygens (including phenoxy) is 1. The van der Waals surface area contributed by atoms with Crippen molar-refractivity contribution in [1.82, 2.24) is 15.6 Å². The van der Waals surface area contributed by atoms with Crippen LogP contribution in [-0.4, -0.2) is 63.4 Å². The molecule has 2 aromatic heterocycles. The number of anilines is 2. The molecule has 0 amide bonds. The lowest BCUT2D eigenvalue weighted by atomic mass is 10.1. The van der Waals surface area contributed by atoms with Crippen LogP contribution in [0.5, 0.6) is 0 Å². The van der Waals surface area contributed by atoms with Crippen molar-refractivity contribution < 1.29 is 4.74 Å². The number of nitrogens with one attached hydrogen (secondary N) is 2. The molecular weight excluding hydrogens is 384 g/mol. The number of hydrogen-bond acceptors (Lipinski definition) is 6. The number of hydrogen-bond donors (Lipinski definition) is 2. The Labute approximate surface area is 176 Å². The summed E-state index contributed by atoms with van der Waals surface area (Å²) < 4.78 is 5.48. The van der Waals surface area contributed by atoms with Gasteiger partial charge in [0.25, 0.3) is 0 Å². The van der Waals surface area contributed by atoms with E-state index < -0.39 is 0 Å². The van der Waals surface area contributed by atoms with E-state index in [2.05, 4.69) is 54.0 Å². The topological polar surface area (TPSA) is 65.0 Å². The molecule has 29 heavy (non-hydrogen) atoms. The number of pyridine rings is 1. The van der Waals surface area contributed by atoms with Crippen LogP contribution in [0.4, 0.5) is 10.8 Å². The van der Waals surface area contributed by atoms with Crippen LogP contribution in [0.25, 0.3) is 0 Å². The van der Waals surface area contributed by atoms with Crippen molar-refractivity contribution in [3.05, 3.63) is 41.4 Å². The van der Waals surface area contributed by atoms with Crippen molar-refractivity contribution in [3.63, 3.8) is 0 Å². The van der Waals surface area contributed by atoms with E-state index in [-0.39, 0.29) is 0 Å². The molecule has 0 unspecified atom stereocenters. The molecule has 2 aromatic rings. The Morgan fingerprint density at radius 3 is 2.72 bits per heavy atom. The Bertz CT molecular complexity index is 782. The first kappa shape index (κ1) is 20.0. The van der Waals surface area contributed by atoms with Gasteiger partial charge in [-0.2, -0.15) is 0 Å². The van der Waals surface area contributed by atoms with Crippen molar-refractivity contribution in [2.75, 3.05) is 56.2 Å². The maximum atomic E-state index is 5.48. The predicted octanol–water partition coefficient (Wildman–Crippen LogP) is 2.31. The van der Waals surface area contributed by atoms with Gasteiger partial charge in [0.2, 0.25) is 0 Å². The highest BCUT2D eigenvalue weighted by Crippen LogP contribution is 2.25. The van der Waals surface area contributed by atoms with E-state index in [4.69, 9.17) is 4.74 Å². The van der Waals surface area contributed by atoms with Gasteiger partial charge in [-0.3, -0.25) is 4.99 Å². The summed E-state index contributed by atoms with van der Waals surface area (Å²) in [6.45, 7) is 6.17. The molecule has 2 fully saturated rings. The van der Waals surface area contributed by atoms with Gasteiger partial charge in [0.05, 0.1) is 18.2 Å². The van der Waals surface area contributed by atoms with Gasteiger partial charge in [-0.15, -0.1) is 11.3 Å². The summed E-state index contributed by atoms with van der Waals surface area (Å²) in [7, 11) is 1.84. The quantitative estimate of drug-likeness (QED) is 0.578. The maximum absolute atomic E-state index is 5.48. The molecule has 2 saturated heterocycles. The SMILES string of the molecule is CN=C(NCc1cccnc1N1CCOCC1)NC1CCN(c2cccs2)CC1. The number of thiophene rings is 1. The number of rotatable bonds is 5. The summed E-state index contributed by atoms with van der Waals surface area (Å²) in [6.07, 6.45) is 4.10. The molecule has 0 atom stereocenters. The number of aliphatic imine (C=N–C) groups is 1. The molecule has 0 aromatic carbocycles. The zero-order valence-electron chi connectivity index (χ0n) is 17.0. The van der Waals surface area contributed by atoms with Crippen LogP contribution in [-0.2, 0) is 11.3 Å². The highest BCUT2D eigenvalue weighted by molar-refractivity contribution is 7.14. The third-order valence-electron chi connectivity index (χ3n) is 5.50. The molecule has 8 heteroatoms. The molecule has 2 N–H and O–H groups in total. The van der Waals surface area contributed by atoms with E-state index in [1.165, 1.54) is 10.6 Å². The van der Waals surface area contributed by atoms with E-state index in [0.717, 1.165) is 64.0 Å². The summed E-state index contributed by atoms with van der Waals surface area (Å²) in [4.78, 5) is 13.8. The molecule has 0 bridgehead atoms. The largest absolute Gasteiger partial charge is 0.378 e. The molecule has 4 rings (SSSR count). The third kappa shape index (κ3) is 5.19. The number of morpholine rings is 1. The Morgan fingerprint density at radius 2 is 2.00 bits per heavy atom. The third-order valence-corrected chi connectivity index (χ3v) is 6.43. The minimum Gasteiger partial charge on any atom is -0.378 e. The minimum atomic E-state index is 0.449. The zero-order chi connectivity index (χ0) is 19.9. The van der Waals surface area contributed by atoms with Crippen LogP contribution in [0, 0.1) is 0 Å². The second kappa shape index (κ2) is 9.93. The van der Waals surface area contributed by atoms with Gasteiger partial charge in [-0.05, 0) is 36.4 Å². The smallest absolute Gasteiger partial charge is 0.191 e. The van der Waals surface area contributed by atoms with Crippen LogP contribution in [0.3, 0.4) is 0 Å². The van der Waals surface area contributed by atoms with E-state index in [9.17, 15) is 0 Å². The highest BCUT2D eigenvalue weighted by Gasteiger charge is 2.21. The van der Waals surface area contributed by atoms with E-state index in [1.54, 1.807) is 0 Å². The van der Waals surface area contributed by atoms with Gasteiger partial charge in [-0.1, -0.05) is 6.07 Å². The highest BCUT2D eigenvalue weighted by atomic mass is 32.1. The number of aromatic nitrogens is 1. The summed E-state index contributed by atoms with van der Waals surface area (Å²) in [5.41, 5.74) is 1.19. The van der Waals surface area contributed by atoms with Gasteiger partial charge in [-0.25, -0.2) is 4.98 Å². The summed E-state index contributed by atoms with van der Waals surface area (Å²) in [6, 6.07) is 8.91. The molecule has 2 aliphatic rings. The van der Waals surface area contributed by atoms with Crippen molar-refractivity contribution in [2.24, 2.45) is 4.99 Å². The van der Waals surface area contributed by atoms with Crippen molar-refractivity contribution in [1.29, 1.82) is 0 Å². The Morgan fingerprint density at radius 1 is 1.17 bits per heavy atom. The second-order valence-corrected chi connectivity index (χ2v) is 8.29. The van der Waals surface area contributed by atoms with E-state index in [0.29, 0.717) is 12.6 Å². The lowest BCUT2D eigenvalue weighted by molar-refractivity contribution is 0.122. The van der Waals surface area contributed by atoms with Crippen molar-refractivity contribution >= 4 is 28.1 Å². The first-order valence-electron chi connectivity index (χ1n) is 10.4. The Hall–Kier alpha value is -2.32. The summed E-state index contributed by atoms with van der Waals surface area (Å²) in [5.74, 6) is 1.90. The zero-order valence-corrected chi connectivity index (χ0v) is 17.8. The van der Waals surface area contributed by atoms with E-state index in [1.807, 2.05) is 30.6 Å². The summed E-state index contributed by atoms with van der Waals surface area (Å²) in [5, 5.41) is 10.6. The molecule has 7 nitrogen and oxygen atoms in total. The van der Waals surface area contributed by atoms with Gasteiger partial charge in [0.15, 0.2) is 5.96 Å². The second-order valence-electron chi connectivity index (χ2n) is 7.37. The fraction of sp³-hybridized carbons (Fsp3) is 0.524. The fourth-order valence-electron chi connectivity index (χ4n) is 3.89. The predicted molar refractivity (Wildman–Crippen MR) is 120 cm³/mol. The number of guanidine groups is 1. The van der Waals surface area contributed by atoms with Crippen molar-refractivity contribution in [3.8, 4) is 0 Å². The molecule has 0 spiro atoms. The standard InChI is InChI=1S/C21H30N6OS/c1-22-21(25-18-6-9-26(10-7-18)19-5-3-15-29-19)24-16-17-4-2-8-23-20(17)27-11-13-28-14-12-27/h2-5,8,15,18H,6-7,9-14,16H2,1H3,(H2,22,24,25). The molecule has 0 radical (unpaired) electrons. The van der Waals surface area contributed by atoms with Crippen LogP contribution >= 0.6 is 11.3 Å². The first-order valence-corrected chi connectivity index (χ1v) is 11.2. The average Bonchev–Trinajstić information content (AvgIpc) is 3.33. The fourth-order valence-corrected chi connectivity index (χ4v) is 4.67. The van der Waals surface area contributed by atoms with Gasteiger partial charge < -0.3 is 25.2 Å². The molecule has 2 aliphatic heterocycles. The monoisotopic (exact) mass is 414 g/mol. The van der Waals surface area contributed by atoms with Gasteiger partial charge in [0.1, 0.15) is 5.82 Å². The molecule has 0 saturated carbocycles. The number of piperidine rings is 1. The minimum absolute atomic E-state index is 0.449. The van der Waals surface area contributed by atoms with Gasteiger partial charge >= 0.3 is 0 Å². The molecule has 0 aliphatic carbocycles. The number of nitrogens with zero attached hydrogens (tertiary/aromatic N) is 4. The summed E-state index contributed by atoms with van der Waals surface area (Å²) >= 11 is 1.82. The molecular formula is C21H30N6OS. The normalized spacial score (nSPS) is 18.7. The Kier molecular flexibility index (Phi) is 6.84. The molecule has 156 valence electrons. The lowest BCUT2D eigenvalue weighted by Crippen LogP contribution is -2.48.